The number of nitrogens with zero attached hydrogens (tertiary/aromatic N) is 1. The molecule has 1 heterocycles. The molecule has 0 radical (unpaired) electrons. The molecule has 0 saturated heterocycles. The Morgan fingerprint density at radius 1 is 1.07 bits per heavy atom. The second-order valence-electron chi connectivity index (χ2n) is 6.30. The SMILES string of the molecule is Cc1cc(C)c2c(c1)C=C(c1cc(N)ccn1)CC2.O=C(O)C=CC(=O)O. The van der Waals surface area contributed by atoms with Crippen molar-refractivity contribution in [3.05, 3.63) is 70.6 Å². The number of carbonyl (C=O) groups is 2. The molecular weight excluding hydrogens is 344 g/mol. The number of nitrogens with two attached hydrogens (primary N) is 1. The molecule has 0 unspecified atom stereocenters. The highest BCUT2D eigenvalue weighted by Crippen LogP contribution is 2.32. The molecule has 2 aromatic rings. The number of hydrogen-bond donors (Lipinski definition) is 3. The summed E-state index contributed by atoms with van der Waals surface area (Å²) in [6.45, 7) is 4.34. The van der Waals surface area contributed by atoms with Crippen LogP contribution in [0.5, 0.6) is 0 Å². The monoisotopic (exact) mass is 366 g/mol. The first-order valence-electron chi connectivity index (χ1n) is 8.43. The average Bonchev–Trinajstić information content (AvgIpc) is 2.60. The van der Waals surface area contributed by atoms with Crippen molar-refractivity contribution in [2.45, 2.75) is 26.7 Å². The van der Waals surface area contributed by atoms with Crippen molar-refractivity contribution in [2.24, 2.45) is 0 Å². The van der Waals surface area contributed by atoms with E-state index >= 15 is 0 Å². The number of anilines is 1. The Bertz CT molecular complexity index is 914. The van der Waals surface area contributed by atoms with Crippen LogP contribution in [0.1, 0.15) is 34.4 Å². The lowest BCUT2D eigenvalue weighted by atomic mass is 9.87. The molecule has 6 heteroatoms. The molecule has 1 aliphatic rings. The summed E-state index contributed by atoms with van der Waals surface area (Å²) >= 11 is 0. The van der Waals surface area contributed by atoms with Crippen molar-refractivity contribution in [3.8, 4) is 0 Å². The van der Waals surface area contributed by atoms with Gasteiger partial charge in [-0.05, 0) is 67.2 Å². The number of aromatic nitrogens is 1. The van der Waals surface area contributed by atoms with E-state index in [1.807, 2.05) is 12.1 Å². The summed E-state index contributed by atoms with van der Waals surface area (Å²) in [7, 11) is 0. The van der Waals surface area contributed by atoms with Crippen molar-refractivity contribution in [1.82, 2.24) is 4.98 Å². The average molecular weight is 366 g/mol. The van der Waals surface area contributed by atoms with Crippen molar-refractivity contribution in [1.29, 1.82) is 0 Å². The van der Waals surface area contributed by atoms with Crippen LogP contribution in [0.2, 0.25) is 0 Å². The molecule has 0 fully saturated rings. The van der Waals surface area contributed by atoms with E-state index < -0.39 is 11.9 Å². The van der Waals surface area contributed by atoms with Gasteiger partial charge in [-0.15, -0.1) is 0 Å². The maximum Gasteiger partial charge on any atom is 0.328 e. The maximum atomic E-state index is 9.55. The number of hydrogen-bond acceptors (Lipinski definition) is 4. The number of aliphatic carboxylic acids is 2. The second-order valence-corrected chi connectivity index (χ2v) is 6.30. The molecule has 0 saturated carbocycles. The van der Waals surface area contributed by atoms with Gasteiger partial charge in [-0.25, -0.2) is 9.59 Å². The zero-order valence-corrected chi connectivity index (χ0v) is 15.3. The fourth-order valence-corrected chi connectivity index (χ4v) is 2.99. The molecule has 0 aliphatic heterocycles. The Kier molecular flexibility index (Phi) is 6.49. The zero-order chi connectivity index (χ0) is 20.0. The van der Waals surface area contributed by atoms with Crippen LogP contribution in [0.4, 0.5) is 5.69 Å². The number of carboxylic acid groups (broad SMARTS) is 2. The Morgan fingerprint density at radius 3 is 2.33 bits per heavy atom. The molecular formula is C21H22N2O4. The van der Waals surface area contributed by atoms with Crippen LogP contribution in [0.3, 0.4) is 0 Å². The summed E-state index contributed by atoms with van der Waals surface area (Å²) in [5.74, 6) is -2.51. The third kappa shape index (κ3) is 5.81. The van der Waals surface area contributed by atoms with Gasteiger partial charge in [0.1, 0.15) is 0 Å². The van der Waals surface area contributed by atoms with Crippen LogP contribution in [-0.2, 0) is 16.0 Å². The lowest BCUT2D eigenvalue weighted by Gasteiger charge is -2.19. The van der Waals surface area contributed by atoms with Gasteiger partial charge in [0.05, 0.1) is 5.69 Å². The quantitative estimate of drug-likeness (QED) is 0.717. The van der Waals surface area contributed by atoms with E-state index in [2.05, 4.69) is 37.0 Å². The number of pyridine rings is 1. The van der Waals surface area contributed by atoms with E-state index in [0.717, 1.165) is 24.2 Å². The minimum absolute atomic E-state index is 0.558. The molecule has 4 N–H and O–H groups in total. The predicted molar refractivity (Wildman–Crippen MR) is 105 cm³/mol. The van der Waals surface area contributed by atoms with Gasteiger partial charge in [-0.2, -0.15) is 0 Å². The predicted octanol–water partition coefficient (Wildman–Crippen LogP) is 3.48. The number of fused-ring (bicyclic) bond motifs is 1. The van der Waals surface area contributed by atoms with Crippen LogP contribution in [-0.4, -0.2) is 27.1 Å². The molecule has 140 valence electrons. The van der Waals surface area contributed by atoms with Gasteiger partial charge in [0.2, 0.25) is 0 Å². The maximum absolute atomic E-state index is 9.55. The highest BCUT2D eigenvalue weighted by atomic mass is 16.4. The second kappa shape index (κ2) is 8.80. The van der Waals surface area contributed by atoms with E-state index in [9.17, 15) is 9.59 Å². The van der Waals surface area contributed by atoms with E-state index in [0.29, 0.717) is 12.2 Å². The van der Waals surface area contributed by atoms with Gasteiger partial charge in [-0.1, -0.05) is 17.7 Å². The van der Waals surface area contributed by atoms with Crippen molar-refractivity contribution in [3.63, 3.8) is 0 Å². The Labute approximate surface area is 157 Å². The Hall–Kier alpha value is -3.41. The van der Waals surface area contributed by atoms with E-state index in [-0.39, 0.29) is 0 Å². The normalized spacial score (nSPS) is 12.6. The fourth-order valence-electron chi connectivity index (χ4n) is 2.99. The van der Waals surface area contributed by atoms with Crippen molar-refractivity contribution < 1.29 is 19.8 Å². The Balaban J connectivity index is 0.000000279. The highest BCUT2D eigenvalue weighted by molar-refractivity contribution is 5.89. The lowest BCUT2D eigenvalue weighted by molar-refractivity contribution is -0.134. The summed E-state index contributed by atoms with van der Waals surface area (Å²) in [6, 6.07) is 8.30. The smallest absolute Gasteiger partial charge is 0.328 e. The number of carboxylic acids is 2. The summed E-state index contributed by atoms with van der Waals surface area (Å²) in [5, 5.41) is 15.6. The van der Waals surface area contributed by atoms with Crippen LogP contribution in [0, 0.1) is 13.8 Å². The number of aryl methyl sites for hydroxylation is 2. The minimum Gasteiger partial charge on any atom is -0.478 e. The van der Waals surface area contributed by atoms with Gasteiger partial charge in [0.15, 0.2) is 0 Å². The molecule has 1 aliphatic carbocycles. The van der Waals surface area contributed by atoms with Crippen LogP contribution >= 0.6 is 0 Å². The van der Waals surface area contributed by atoms with Crippen molar-refractivity contribution in [2.75, 3.05) is 5.73 Å². The molecule has 6 nitrogen and oxygen atoms in total. The fraction of sp³-hybridized carbons (Fsp3) is 0.190. The summed E-state index contributed by atoms with van der Waals surface area (Å²) in [5.41, 5.74) is 14.4. The molecule has 0 atom stereocenters. The lowest BCUT2D eigenvalue weighted by Crippen LogP contribution is -2.03. The Morgan fingerprint density at radius 2 is 1.74 bits per heavy atom. The van der Waals surface area contributed by atoms with Gasteiger partial charge in [-0.3, -0.25) is 4.98 Å². The summed E-state index contributed by atoms with van der Waals surface area (Å²) in [6.07, 6.45) is 7.28. The van der Waals surface area contributed by atoms with Crippen LogP contribution < -0.4 is 5.73 Å². The summed E-state index contributed by atoms with van der Waals surface area (Å²) < 4.78 is 0. The van der Waals surface area contributed by atoms with Gasteiger partial charge in [0, 0.05) is 24.0 Å². The van der Waals surface area contributed by atoms with Crippen LogP contribution in [0.15, 0.2) is 42.6 Å². The first kappa shape index (κ1) is 19.9. The molecule has 1 aromatic carbocycles. The van der Waals surface area contributed by atoms with E-state index in [1.165, 1.54) is 27.8 Å². The molecule has 3 rings (SSSR count). The van der Waals surface area contributed by atoms with E-state index in [4.69, 9.17) is 15.9 Å². The number of allylic oxidation sites excluding steroid dienone is 1. The van der Waals surface area contributed by atoms with Gasteiger partial charge < -0.3 is 15.9 Å². The first-order valence-corrected chi connectivity index (χ1v) is 8.43. The third-order valence-electron chi connectivity index (χ3n) is 4.11. The van der Waals surface area contributed by atoms with Gasteiger partial charge in [0.25, 0.3) is 0 Å². The topological polar surface area (TPSA) is 114 Å². The van der Waals surface area contributed by atoms with Gasteiger partial charge >= 0.3 is 11.9 Å². The zero-order valence-electron chi connectivity index (χ0n) is 15.3. The largest absolute Gasteiger partial charge is 0.478 e. The molecule has 0 amide bonds. The standard InChI is InChI=1S/C17H18N2.C4H4O4/c1-11-7-12(2)16-4-3-13(9-14(16)8-11)17-10-15(18)5-6-19-17;5-3(6)1-2-4(7)8/h5-10H,3-4H2,1-2H3,(H2,18,19);1-2H,(H,5,6)(H,7,8). The molecule has 0 spiro atoms. The summed E-state index contributed by atoms with van der Waals surface area (Å²) in [4.78, 5) is 23.5. The number of rotatable bonds is 3. The number of nitrogen functional groups attached to an aromatic ring is 1. The number of benzene rings is 1. The third-order valence-corrected chi connectivity index (χ3v) is 4.11. The van der Waals surface area contributed by atoms with E-state index in [1.54, 1.807) is 6.20 Å². The highest BCUT2D eigenvalue weighted by Gasteiger charge is 2.14. The molecule has 1 aromatic heterocycles. The van der Waals surface area contributed by atoms with Crippen molar-refractivity contribution >= 4 is 29.3 Å². The van der Waals surface area contributed by atoms with Crippen LogP contribution in [0.25, 0.3) is 11.6 Å². The first-order chi connectivity index (χ1) is 12.8. The minimum atomic E-state index is -1.26. The molecule has 27 heavy (non-hydrogen) atoms. The molecule has 0 bridgehead atoms.